The second kappa shape index (κ2) is 8.43. The topological polar surface area (TPSA) is 113 Å². The molecule has 148 valence electrons. The van der Waals surface area contributed by atoms with Crippen LogP contribution in [0.15, 0.2) is 59.2 Å². The van der Waals surface area contributed by atoms with Gasteiger partial charge in [0.2, 0.25) is 5.55 Å². The normalized spacial score (nSPS) is 10.4. The van der Waals surface area contributed by atoms with Gasteiger partial charge in [-0.15, -0.1) is 0 Å². The zero-order valence-electron chi connectivity index (χ0n) is 16.0. The molecule has 1 aromatic heterocycles. The maximum absolute atomic E-state index is 12.8. The highest BCUT2D eigenvalue weighted by molar-refractivity contribution is 6.12. The van der Waals surface area contributed by atoms with Gasteiger partial charge in [-0.25, -0.2) is 0 Å². The molecule has 3 aromatic rings. The van der Waals surface area contributed by atoms with Crippen molar-refractivity contribution in [3.8, 4) is 11.5 Å². The molecule has 0 unspecified atom stereocenters. The average molecular weight is 392 g/mol. The number of amides is 1. The number of methoxy groups -OCH3 is 1. The monoisotopic (exact) mass is 392 g/mol. The molecule has 2 aromatic carbocycles. The number of phenols is 1. The Labute approximate surface area is 167 Å². The minimum absolute atomic E-state index is 0.00112. The minimum Gasteiger partial charge on any atom is -0.507 e. The van der Waals surface area contributed by atoms with Gasteiger partial charge in [-0.05, 0) is 48.4 Å². The first-order valence-electron chi connectivity index (χ1n) is 8.92. The van der Waals surface area contributed by atoms with Crippen molar-refractivity contribution in [2.45, 2.75) is 13.3 Å². The molecule has 7 heteroatoms. The van der Waals surface area contributed by atoms with E-state index in [1.165, 1.54) is 31.4 Å². The summed E-state index contributed by atoms with van der Waals surface area (Å²) in [6.07, 6.45) is 1.96. The highest BCUT2D eigenvalue weighted by atomic mass is 16.5. The lowest BCUT2D eigenvalue weighted by Gasteiger charge is -2.09. The van der Waals surface area contributed by atoms with Crippen LogP contribution in [0.1, 0.15) is 38.8 Å². The SMILES string of the molecule is CCc1ccc(NC(=O)c2cc(C(=O)c3cc(OC)ccc3O)coc2=N)cc1. The van der Waals surface area contributed by atoms with Gasteiger partial charge in [-0.3, -0.25) is 15.0 Å². The number of phenolic OH excluding ortho intramolecular Hbond substituents is 1. The van der Waals surface area contributed by atoms with Gasteiger partial charge in [0, 0.05) is 5.69 Å². The molecule has 3 rings (SSSR count). The van der Waals surface area contributed by atoms with E-state index in [0.29, 0.717) is 11.4 Å². The number of rotatable bonds is 6. The summed E-state index contributed by atoms with van der Waals surface area (Å²) in [6, 6.07) is 12.8. The van der Waals surface area contributed by atoms with Crippen LogP contribution in [0.2, 0.25) is 0 Å². The highest BCUT2D eigenvalue weighted by Gasteiger charge is 2.19. The first kappa shape index (κ1) is 19.9. The fraction of sp³-hybridized carbons (Fsp3) is 0.136. The Morgan fingerprint density at radius 1 is 1.10 bits per heavy atom. The molecule has 0 atom stereocenters. The molecule has 0 aliphatic rings. The van der Waals surface area contributed by atoms with Gasteiger partial charge in [0.15, 0.2) is 5.78 Å². The van der Waals surface area contributed by atoms with Crippen molar-refractivity contribution < 1.29 is 23.8 Å². The molecular formula is C22H20N2O5. The smallest absolute Gasteiger partial charge is 0.261 e. The van der Waals surface area contributed by atoms with Crippen LogP contribution in [0.25, 0.3) is 0 Å². The predicted molar refractivity (Wildman–Crippen MR) is 106 cm³/mol. The zero-order valence-corrected chi connectivity index (χ0v) is 16.0. The maximum Gasteiger partial charge on any atom is 0.261 e. The highest BCUT2D eigenvalue weighted by Crippen LogP contribution is 2.25. The lowest BCUT2D eigenvalue weighted by molar-refractivity contribution is 0.102. The van der Waals surface area contributed by atoms with Gasteiger partial charge in [0.1, 0.15) is 23.3 Å². The Bertz CT molecular complexity index is 1120. The number of benzene rings is 2. The van der Waals surface area contributed by atoms with Crippen molar-refractivity contribution in [3.05, 3.63) is 82.6 Å². The van der Waals surface area contributed by atoms with E-state index in [0.717, 1.165) is 18.2 Å². The summed E-state index contributed by atoms with van der Waals surface area (Å²) < 4.78 is 10.2. The fourth-order valence-electron chi connectivity index (χ4n) is 2.73. The number of hydrogen-bond donors (Lipinski definition) is 3. The molecule has 1 amide bonds. The Morgan fingerprint density at radius 2 is 1.83 bits per heavy atom. The summed E-state index contributed by atoms with van der Waals surface area (Å²) in [5.41, 5.74) is 1.24. The van der Waals surface area contributed by atoms with Gasteiger partial charge in [-0.2, -0.15) is 0 Å². The summed E-state index contributed by atoms with van der Waals surface area (Å²) in [5, 5.41) is 20.6. The zero-order chi connectivity index (χ0) is 21.0. The van der Waals surface area contributed by atoms with Crippen molar-refractivity contribution in [1.82, 2.24) is 0 Å². The maximum atomic E-state index is 12.8. The van der Waals surface area contributed by atoms with E-state index in [4.69, 9.17) is 14.6 Å². The molecule has 0 spiro atoms. The number of aryl methyl sites for hydroxylation is 1. The quantitative estimate of drug-likeness (QED) is 0.556. The summed E-state index contributed by atoms with van der Waals surface area (Å²) in [4.78, 5) is 25.4. The molecule has 29 heavy (non-hydrogen) atoms. The molecular weight excluding hydrogens is 372 g/mol. The van der Waals surface area contributed by atoms with E-state index in [9.17, 15) is 14.7 Å². The van der Waals surface area contributed by atoms with Crippen LogP contribution in [0, 0.1) is 5.41 Å². The van der Waals surface area contributed by atoms with Crippen LogP contribution in [0.4, 0.5) is 5.69 Å². The van der Waals surface area contributed by atoms with Crippen molar-refractivity contribution >= 4 is 17.4 Å². The third-order valence-electron chi connectivity index (χ3n) is 4.42. The second-order valence-corrected chi connectivity index (χ2v) is 6.29. The number of anilines is 1. The molecule has 0 bridgehead atoms. The number of aromatic hydroxyl groups is 1. The number of carbonyl (C=O) groups excluding carboxylic acids is 2. The van der Waals surface area contributed by atoms with E-state index in [1.807, 2.05) is 19.1 Å². The third-order valence-corrected chi connectivity index (χ3v) is 4.42. The number of carbonyl (C=O) groups is 2. The largest absolute Gasteiger partial charge is 0.507 e. The Hall–Kier alpha value is -3.87. The molecule has 0 aliphatic heterocycles. The van der Waals surface area contributed by atoms with Gasteiger partial charge < -0.3 is 19.6 Å². The Kier molecular flexibility index (Phi) is 5.78. The van der Waals surface area contributed by atoms with E-state index >= 15 is 0 Å². The average Bonchev–Trinajstić information content (AvgIpc) is 2.74. The number of hydrogen-bond acceptors (Lipinski definition) is 6. The van der Waals surface area contributed by atoms with Crippen molar-refractivity contribution in [2.75, 3.05) is 12.4 Å². The van der Waals surface area contributed by atoms with Crippen LogP contribution in [-0.2, 0) is 6.42 Å². The van der Waals surface area contributed by atoms with Gasteiger partial charge >= 0.3 is 0 Å². The Morgan fingerprint density at radius 3 is 2.48 bits per heavy atom. The van der Waals surface area contributed by atoms with Crippen LogP contribution in [-0.4, -0.2) is 23.9 Å². The molecule has 0 saturated heterocycles. The van der Waals surface area contributed by atoms with E-state index in [-0.39, 0.29) is 28.0 Å². The third kappa shape index (κ3) is 4.35. The summed E-state index contributed by atoms with van der Waals surface area (Å²) in [6.45, 7) is 2.03. The van der Waals surface area contributed by atoms with Gasteiger partial charge in [0.25, 0.3) is 5.91 Å². The summed E-state index contributed by atoms with van der Waals surface area (Å²) in [7, 11) is 1.44. The number of nitrogens with one attached hydrogen (secondary N) is 2. The standard InChI is InChI=1S/C22H20N2O5/c1-3-13-4-6-15(7-5-13)24-22(27)18-10-14(12-29-21(18)23)20(26)17-11-16(28-2)8-9-19(17)25/h4-12,23,25H,3H2,1-2H3,(H,24,27). The van der Waals surface area contributed by atoms with E-state index < -0.39 is 11.7 Å². The predicted octanol–water partition coefficient (Wildman–Crippen LogP) is 3.52. The van der Waals surface area contributed by atoms with Crippen LogP contribution >= 0.6 is 0 Å². The number of ketones is 1. The lowest BCUT2D eigenvalue weighted by Crippen LogP contribution is -2.22. The van der Waals surface area contributed by atoms with Crippen molar-refractivity contribution in [1.29, 1.82) is 5.41 Å². The molecule has 0 radical (unpaired) electrons. The molecule has 0 fully saturated rings. The molecule has 0 aliphatic carbocycles. The first-order valence-corrected chi connectivity index (χ1v) is 8.92. The Balaban J connectivity index is 1.90. The minimum atomic E-state index is -0.576. The summed E-state index contributed by atoms with van der Waals surface area (Å²) >= 11 is 0. The second-order valence-electron chi connectivity index (χ2n) is 6.29. The molecule has 0 saturated carbocycles. The van der Waals surface area contributed by atoms with Gasteiger partial charge in [-0.1, -0.05) is 19.1 Å². The van der Waals surface area contributed by atoms with Crippen LogP contribution < -0.4 is 15.6 Å². The van der Waals surface area contributed by atoms with Crippen LogP contribution in [0.3, 0.4) is 0 Å². The lowest BCUT2D eigenvalue weighted by atomic mass is 10.0. The fourth-order valence-corrected chi connectivity index (χ4v) is 2.73. The van der Waals surface area contributed by atoms with E-state index in [2.05, 4.69) is 5.32 Å². The molecule has 1 heterocycles. The van der Waals surface area contributed by atoms with Gasteiger partial charge in [0.05, 0.1) is 18.2 Å². The molecule has 7 nitrogen and oxygen atoms in total. The van der Waals surface area contributed by atoms with Crippen molar-refractivity contribution in [3.63, 3.8) is 0 Å². The number of ether oxygens (including phenoxy) is 1. The van der Waals surface area contributed by atoms with Crippen molar-refractivity contribution in [2.24, 2.45) is 0 Å². The van der Waals surface area contributed by atoms with E-state index in [1.54, 1.807) is 12.1 Å². The first-order chi connectivity index (χ1) is 13.9. The van der Waals surface area contributed by atoms with Crippen LogP contribution in [0.5, 0.6) is 11.5 Å². The molecule has 3 N–H and O–H groups in total. The summed E-state index contributed by atoms with van der Waals surface area (Å²) in [5.74, 6) is -0.972.